The van der Waals surface area contributed by atoms with Crippen LogP contribution in [0.15, 0.2) is 53.7 Å². The molecular formula is C18H16N4S2. The van der Waals surface area contributed by atoms with E-state index in [1.54, 1.807) is 23.1 Å². The third kappa shape index (κ3) is 2.95. The Morgan fingerprint density at radius 3 is 2.75 bits per heavy atom. The lowest BCUT2D eigenvalue weighted by molar-refractivity contribution is 0.867. The Morgan fingerprint density at radius 1 is 1.04 bits per heavy atom. The fraction of sp³-hybridized carbons (Fsp3) is 0.167. The van der Waals surface area contributed by atoms with Crippen LogP contribution in [0.4, 0.5) is 0 Å². The second-order valence-electron chi connectivity index (χ2n) is 5.57. The Hall–Kier alpha value is -2.18. The highest BCUT2D eigenvalue weighted by molar-refractivity contribution is 7.98. The first-order chi connectivity index (χ1) is 11.7. The molecule has 0 amide bonds. The molecule has 0 bridgehead atoms. The monoisotopic (exact) mass is 352 g/mol. The fourth-order valence-corrected chi connectivity index (χ4v) is 4.57. The average Bonchev–Trinajstić information content (AvgIpc) is 3.15. The standard InChI is InChI=1S/C18H16N4S2/c1-12-6-5-7-14(10-12)22-13(2)20-21-18(22)23-11-17-19-15-8-3-4-9-16(15)24-17/h3-10H,11H2,1-2H3. The minimum Gasteiger partial charge on any atom is -0.274 e. The van der Waals surface area contributed by atoms with Crippen LogP contribution in [0.5, 0.6) is 0 Å². The summed E-state index contributed by atoms with van der Waals surface area (Å²) in [6.07, 6.45) is 0. The number of fused-ring (bicyclic) bond motifs is 1. The summed E-state index contributed by atoms with van der Waals surface area (Å²) in [6.45, 7) is 4.08. The van der Waals surface area contributed by atoms with E-state index >= 15 is 0 Å². The molecule has 0 spiro atoms. The van der Waals surface area contributed by atoms with Gasteiger partial charge in [0.25, 0.3) is 0 Å². The zero-order chi connectivity index (χ0) is 16.5. The Kier molecular flexibility index (Phi) is 4.08. The van der Waals surface area contributed by atoms with E-state index in [9.17, 15) is 0 Å². The molecule has 0 saturated heterocycles. The normalized spacial score (nSPS) is 11.2. The molecule has 2 aromatic carbocycles. The van der Waals surface area contributed by atoms with E-state index in [-0.39, 0.29) is 0 Å². The number of thiazole rings is 1. The molecule has 0 aliphatic rings. The van der Waals surface area contributed by atoms with Gasteiger partial charge < -0.3 is 0 Å². The number of aryl methyl sites for hydroxylation is 2. The highest BCUT2D eigenvalue weighted by atomic mass is 32.2. The first-order valence-corrected chi connectivity index (χ1v) is 9.47. The van der Waals surface area contributed by atoms with Crippen LogP contribution in [0, 0.1) is 13.8 Å². The van der Waals surface area contributed by atoms with Crippen LogP contribution in [-0.2, 0) is 5.75 Å². The molecule has 4 nitrogen and oxygen atoms in total. The summed E-state index contributed by atoms with van der Waals surface area (Å²) in [7, 11) is 0. The number of aromatic nitrogens is 4. The molecule has 24 heavy (non-hydrogen) atoms. The fourth-order valence-electron chi connectivity index (χ4n) is 2.61. The summed E-state index contributed by atoms with van der Waals surface area (Å²) in [4.78, 5) is 4.69. The Bertz CT molecular complexity index is 970. The molecule has 0 aliphatic carbocycles. The highest BCUT2D eigenvalue weighted by Gasteiger charge is 2.13. The van der Waals surface area contributed by atoms with Crippen molar-refractivity contribution in [2.45, 2.75) is 24.8 Å². The van der Waals surface area contributed by atoms with Gasteiger partial charge in [-0.1, -0.05) is 36.0 Å². The van der Waals surface area contributed by atoms with Crippen LogP contribution in [0.25, 0.3) is 15.9 Å². The van der Waals surface area contributed by atoms with Crippen molar-refractivity contribution in [3.63, 3.8) is 0 Å². The third-order valence-corrected chi connectivity index (χ3v) is 5.88. The first-order valence-electron chi connectivity index (χ1n) is 7.67. The second kappa shape index (κ2) is 6.37. The number of nitrogens with zero attached hydrogens (tertiary/aromatic N) is 4. The Labute approximate surface area is 148 Å². The predicted octanol–water partition coefficient (Wildman–Crippen LogP) is 4.79. The molecule has 0 radical (unpaired) electrons. The number of rotatable bonds is 4. The molecule has 6 heteroatoms. The van der Waals surface area contributed by atoms with Crippen molar-refractivity contribution in [1.29, 1.82) is 0 Å². The van der Waals surface area contributed by atoms with Gasteiger partial charge in [0.2, 0.25) is 0 Å². The van der Waals surface area contributed by atoms with E-state index in [0.717, 1.165) is 32.9 Å². The first kappa shape index (κ1) is 15.4. The summed E-state index contributed by atoms with van der Waals surface area (Å²) in [6, 6.07) is 16.6. The van der Waals surface area contributed by atoms with E-state index < -0.39 is 0 Å². The molecule has 0 unspecified atom stereocenters. The van der Waals surface area contributed by atoms with Crippen molar-refractivity contribution in [3.05, 3.63) is 64.9 Å². The van der Waals surface area contributed by atoms with Gasteiger partial charge in [-0.15, -0.1) is 21.5 Å². The predicted molar refractivity (Wildman–Crippen MR) is 100 cm³/mol. The number of thioether (sulfide) groups is 1. The second-order valence-corrected chi connectivity index (χ2v) is 7.63. The van der Waals surface area contributed by atoms with E-state index in [4.69, 9.17) is 4.98 Å². The molecule has 0 N–H and O–H groups in total. The van der Waals surface area contributed by atoms with Crippen molar-refractivity contribution < 1.29 is 0 Å². The largest absolute Gasteiger partial charge is 0.274 e. The van der Waals surface area contributed by atoms with Gasteiger partial charge in [-0.3, -0.25) is 4.57 Å². The molecule has 0 aliphatic heterocycles. The Balaban J connectivity index is 1.61. The maximum atomic E-state index is 4.69. The summed E-state index contributed by atoms with van der Waals surface area (Å²) in [5.41, 5.74) is 3.39. The maximum Gasteiger partial charge on any atom is 0.196 e. The van der Waals surface area contributed by atoms with Gasteiger partial charge in [-0.25, -0.2) is 4.98 Å². The maximum absolute atomic E-state index is 4.69. The van der Waals surface area contributed by atoms with Crippen LogP contribution in [-0.4, -0.2) is 19.7 Å². The van der Waals surface area contributed by atoms with Gasteiger partial charge in [0.15, 0.2) is 5.16 Å². The third-order valence-electron chi connectivity index (χ3n) is 3.72. The average molecular weight is 352 g/mol. The van der Waals surface area contributed by atoms with Crippen LogP contribution < -0.4 is 0 Å². The van der Waals surface area contributed by atoms with Crippen LogP contribution in [0.2, 0.25) is 0 Å². The zero-order valence-corrected chi connectivity index (χ0v) is 15.1. The summed E-state index contributed by atoms with van der Waals surface area (Å²) >= 11 is 3.41. The van der Waals surface area contributed by atoms with Gasteiger partial charge in [0.05, 0.1) is 16.0 Å². The Morgan fingerprint density at radius 2 is 1.92 bits per heavy atom. The molecule has 2 aromatic heterocycles. The quantitative estimate of drug-likeness (QED) is 0.496. The molecule has 2 heterocycles. The van der Waals surface area contributed by atoms with E-state index in [0.29, 0.717) is 0 Å². The molecular weight excluding hydrogens is 336 g/mol. The smallest absolute Gasteiger partial charge is 0.196 e. The highest BCUT2D eigenvalue weighted by Crippen LogP contribution is 2.29. The number of para-hydroxylation sites is 1. The number of hydrogen-bond acceptors (Lipinski definition) is 5. The molecule has 0 saturated carbocycles. The lowest BCUT2D eigenvalue weighted by Gasteiger charge is -2.08. The summed E-state index contributed by atoms with van der Waals surface area (Å²) in [5, 5.41) is 10.6. The van der Waals surface area contributed by atoms with Crippen molar-refractivity contribution >= 4 is 33.3 Å². The number of benzene rings is 2. The van der Waals surface area contributed by atoms with Gasteiger partial charge >= 0.3 is 0 Å². The molecule has 4 rings (SSSR count). The van der Waals surface area contributed by atoms with E-state index in [1.165, 1.54) is 10.3 Å². The molecule has 0 atom stereocenters. The summed E-state index contributed by atoms with van der Waals surface area (Å²) in [5.74, 6) is 1.69. The lowest BCUT2D eigenvalue weighted by atomic mass is 10.2. The van der Waals surface area contributed by atoms with Gasteiger partial charge in [-0.05, 0) is 43.7 Å². The van der Waals surface area contributed by atoms with Crippen LogP contribution in [0.1, 0.15) is 16.4 Å². The van der Waals surface area contributed by atoms with Crippen LogP contribution in [0.3, 0.4) is 0 Å². The van der Waals surface area contributed by atoms with E-state index in [2.05, 4.69) is 64.2 Å². The lowest BCUT2D eigenvalue weighted by Crippen LogP contribution is -1.99. The van der Waals surface area contributed by atoms with Crippen molar-refractivity contribution in [1.82, 2.24) is 19.7 Å². The number of hydrogen-bond donors (Lipinski definition) is 0. The van der Waals surface area contributed by atoms with Crippen molar-refractivity contribution in [3.8, 4) is 5.69 Å². The van der Waals surface area contributed by atoms with Gasteiger partial charge in [0.1, 0.15) is 10.8 Å². The minimum absolute atomic E-state index is 0.795. The van der Waals surface area contributed by atoms with Gasteiger partial charge in [-0.2, -0.15) is 0 Å². The van der Waals surface area contributed by atoms with Gasteiger partial charge in [0, 0.05) is 5.69 Å². The zero-order valence-electron chi connectivity index (χ0n) is 13.4. The van der Waals surface area contributed by atoms with E-state index in [1.807, 2.05) is 13.0 Å². The minimum atomic E-state index is 0.795. The van der Waals surface area contributed by atoms with Crippen LogP contribution >= 0.6 is 23.1 Å². The molecule has 0 fully saturated rings. The van der Waals surface area contributed by atoms with Crippen molar-refractivity contribution in [2.75, 3.05) is 0 Å². The summed E-state index contributed by atoms with van der Waals surface area (Å²) < 4.78 is 3.33. The molecule has 4 aromatic rings. The van der Waals surface area contributed by atoms with Crippen molar-refractivity contribution in [2.24, 2.45) is 0 Å². The SMILES string of the molecule is Cc1cccc(-n2c(C)nnc2SCc2nc3ccccc3s2)c1. The molecule has 120 valence electrons. The topological polar surface area (TPSA) is 43.6 Å².